The van der Waals surface area contributed by atoms with Crippen LogP contribution in [0.5, 0.6) is 11.5 Å². The lowest BCUT2D eigenvalue weighted by molar-refractivity contribution is 0.464. The Morgan fingerprint density at radius 3 is 1.29 bits per heavy atom. The smallest absolute Gasteiger partial charge is 0.525 e. The minimum Gasteiger partial charge on any atom is -0.525 e. The van der Waals surface area contributed by atoms with Crippen molar-refractivity contribution in [1.82, 2.24) is 8.47 Å². The minimum absolute atomic E-state index is 0.206. The zero-order chi connectivity index (χ0) is 25.8. The van der Waals surface area contributed by atoms with Gasteiger partial charge in [0, 0.05) is 34.2 Å². The highest BCUT2D eigenvalue weighted by Gasteiger charge is 2.40. The van der Waals surface area contributed by atoms with Gasteiger partial charge in [0.1, 0.15) is 11.5 Å². The summed E-state index contributed by atoms with van der Waals surface area (Å²) in [6.07, 6.45) is 4.34. The van der Waals surface area contributed by atoms with Crippen LogP contribution in [0.1, 0.15) is 41.5 Å². The summed E-state index contributed by atoms with van der Waals surface area (Å²) in [5, 5.41) is 2.64. The summed E-state index contributed by atoms with van der Waals surface area (Å²) in [6.45, 7) is 23.7. The predicted molar refractivity (Wildman–Crippen MR) is 156 cm³/mol. The molecule has 0 N–H and O–H groups in total. The first kappa shape index (κ1) is 25.7. The molecule has 4 aromatic rings. The lowest BCUT2D eigenvalue weighted by Gasteiger charge is -2.38. The highest BCUT2D eigenvalue weighted by atomic mass is 28.3. The topological polar surface area (TPSA) is 28.3 Å². The summed E-state index contributed by atoms with van der Waals surface area (Å²) in [4.78, 5) is 0. The number of fused-ring (bicyclic) bond motifs is 2. The van der Waals surface area contributed by atoms with Crippen LogP contribution in [-0.2, 0) is 0 Å². The first-order chi connectivity index (χ1) is 16.2. The monoisotopic (exact) mass is 503 g/mol. The van der Waals surface area contributed by atoms with E-state index in [0.29, 0.717) is 0 Å². The Labute approximate surface area is 213 Å². The molecule has 0 aliphatic heterocycles. The molecule has 0 aliphatic rings. The number of hydrogen-bond acceptors (Lipinski definition) is 2. The van der Waals surface area contributed by atoms with Crippen LogP contribution in [0.25, 0.3) is 21.8 Å². The van der Waals surface area contributed by atoms with E-state index in [4.69, 9.17) is 9.31 Å². The molecular weight excluding hydrogens is 463 g/mol. The molecule has 0 aliphatic carbocycles. The fourth-order valence-electron chi connectivity index (χ4n) is 4.26. The first-order valence-corrected chi connectivity index (χ1v) is 18.4. The average Bonchev–Trinajstić information content (AvgIpc) is 3.32. The molecule has 0 saturated heterocycles. The fourth-order valence-corrected chi connectivity index (χ4v) is 8.18. The Morgan fingerprint density at radius 2 is 0.943 bits per heavy atom. The zero-order valence-corrected chi connectivity index (χ0v) is 25.1. The van der Waals surface area contributed by atoms with E-state index in [2.05, 4.69) is 137 Å². The molecule has 4 rings (SSSR count). The van der Waals surface area contributed by atoms with Gasteiger partial charge in [0.15, 0.2) is 16.5 Å². The summed E-state index contributed by atoms with van der Waals surface area (Å²) in [5.74, 6) is 1.66. The number of rotatable bonds is 6. The minimum atomic E-state index is -1.82. The Hall–Kier alpha value is -2.38. The molecule has 2 aromatic carbocycles. The molecule has 0 fully saturated rings. The molecule has 0 bridgehead atoms. The Kier molecular flexibility index (Phi) is 6.34. The van der Waals surface area contributed by atoms with Crippen LogP contribution in [0.4, 0.5) is 0 Å². The number of hydrogen-bond donors (Lipinski definition) is 0. The average molecular weight is 504 g/mol. The molecule has 185 valence electrons. The third-order valence-corrected chi connectivity index (χ3v) is 19.1. The molecule has 35 heavy (non-hydrogen) atoms. The van der Waals surface area contributed by atoms with E-state index in [-0.39, 0.29) is 10.1 Å². The van der Waals surface area contributed by atoms with Crippen LogP contribution >= 0.6 is 0 Å². The van der Waals surface area contributed by atoms with E-state index >= 15 is 0 Å². The van der Waals surface area contributed by atoms with Crippen LogP contribution in [0.3, 0.4) is 0 Å². The van der Waals surface area contributed by atoms with Gasteiger partial charge in [-0.3, -0.25) is 0 Å². The summed E-state index contributed by atoms with van der Waals surface area (Å²) in [5.41, 5.74) is 2.44. The van der Waals surface area contributed by atoms with Crippen molar-refractivity contribution in [2.45, 2.75) is 77.8 Å². The van der Waals surface area contributed by atoms with E-state index in [0.717, 1.165) is 22.3 Å². The number of nitrogens with zero attached hydrogens (tertiary/aromatic N) is 2. The molecule has 1 radical (unpaired) electrons. The van der Waals surface area contributed by atoms with Crippen molar-refractivity contribution >= 4 is 46.0 Å². The largest absolute Gasteiger partial charge is 0.658 e. The predicted octanol–water partition coefficient (Wildman–Crippen LogP) is 8.29. The van der Waals surface area contributed by atoms with Gasteiger partial charge in [0.05, 0.1) is 0 Å². The summed E-state index contributed by atoms with van der Waals surface area (Å²) in [7, 11) is -2.14. The maximum Gasteiger partial charge on any atom is 0.658 e. The van der Waals surface area contributed by atoms with Crippen LogP contribution in [-0.4, -0.2) is 32.6 Å². The van der Waals surface area contributed by atoms with Gasteiger partial charge in [-0.1, -0.05) is 92.0 Å². The maximum atomic E-state index is 6.18. The molecule has 0 spiro atoms. The molecule has 0 saturated carbocycles. The number of benzene rings is 2. The highest BCUT2D eigenvalue weighted by molar-refractivity contribution is 6.79. The SMILES string of the molecule is CC(C)(C)[Si](C)(C)n1cc(O[B]Oc2cn([Si](C)(C)C(C)(C)C)c3ccccc23)c2ccccc21. The van der Waals surface area contributed by atoms with Gasteiger partial charge < -0.3 is 17.8 Å². The van der Waals surface area contributed by atoms with Crippen molar-refractivity contribution in [1.29, 1.82) is 0 Å². The molecule has 0 amide bonds. The molecular formula is C28H40BN2O2Si2. The Bertz CT molecular complexity index is 1250. The van der Waals surface area contributed by atoms with E-state index in [1.807, 2.05) is 0 Å². The van der Waals surface area contributed by atoms with E-state index in [9.17, 15) is 0 Å². The second kappa shape index (κ2) is 8.63. The third-order valence-electron chi connectivity index (χ3n) is 8.58. The molecule has 2 heterocycles. The highest BCUT2D eigenvalue weighted by Crippen LogP contribution is 2.42. The summed E-state index contributed by atoms with van der Waals surface area (Å²) in [6, 6.07) is 17.0. The van der Waals surface area contributed by atoms with Crippen molar-refractivity contribution < 1.29 is 9.31 Å². The van der Waals surface area contributed by atoms with E-state index < -0.39 is 16.5 Å². The Balaban J connectivity index is 1.65. The molecule has 4 nitrogen and oxygen atoms in total. The van der Waals surface area contributed by atoms with Gasteiger partial charge in [0.25, 0.3) is 0 Å². The molecule has 2 aromatic heterocycles. The van der Waals surface area contributed by atoms with Crippen LogP contribution in [0, 0.1) is 0 Å². The summed E-state index contributed by atoms with van der Waals surface area (Å²) < 4.78 is 17.3. The van der Waals surface area contributed by atoms with Crippen molar-refractivity contribution in [3.63, 3.8) is 0 Å². The molecule has 7 heteroatoms. The number of para-hydroxylation sites is 2. The van der Waals surface area contributed by atoms with E-state index in [1.165, 1.54) is 18.7 Å². The van der Waals surface area contributed by atoms with Crippen molar-refractivity contribution in [2.24, 2.45) is 0 Å². The van der Waals surface area contributed by atoms with Crippen LogP contribution < -0.4 is 9.31 Å². The second-order valence-electron chi connectivity index (χ2n) is 12.7. The van der Waals surface area contributed by atoms with Gasteiger partial charge in [-0.15, -0.1) is 0 Å². The van der Waals surface area contributed by atoms with Crippen LogP contribution in [0.15, 0.2) is 60.9 Å². The lowest BCUT2D eigenvalue weighted by Crippen LogP contribution is -2.44. The summed E-state index contributed by atoms with van der Waals surface area (Å²) >= 11 is 0. The van der Waals surface area contributed by atoms with Gasteiger partial charge in [0.2, 0.25) is 0 Å². The van der Waals surface area contributed by atoms with Crippen molar-refractivity contribution in [3.8, 4) is 11.5 Å². The zero-order valence-electron chi connectivity index (χ0n) is 23.1. The first-order valence-electron chi connectivity index (χ1n) is 12.5. The lowest BCUT2D eigenvalue weighted by atomic mass is 10.2. The molecule has 0 atom stereocenters. The van der Waals surface area contributed by atoms with Gasteiger partial charge in [-0.05, 0) is 34.3 Å². The van der Waals surface area contributed by atoms with Crippen molar-refractivity contribution in [2.75, 3.05) is 0 Å². The van der Waals surface area contributed by atoms with Crippen molar-refractivity contribution in [3.05, 3.63) is 60.9 Å². The standard InChI is InChI=1S/C28H40BN2O2Si2/c1-27(2,3)34(7,8)30-19-25(21-15-11-13-17-23(21)30)32-29-33-26-20-31(35(9,10)28(4,5)6)24-18-14-12-16-22(24)26/h11-20H,1-10H3. The normalized spacial score (nSPS) is 13.4. The van der Waals surface area contributed by atoms with Gasteiger partial charge in [-0.2, -0.15) is 0 Å². The van der Waals surface area contributed by atoms with Crippen LogP contribution in [0.2, 0.25) is 36.3 Å². The van der Waals surface area contributed by atoms with E-state index in [1.54, 1.807) is 0 Å². The number of aromatic nitrogens is 2. The third kappa shape index (κ3) is 4.38. The van der Waals surface area contributed by atoms with Gasteiger partial charge >= 0.3 is 7.69 Å². The van der Waals surface area contributed by atoms with Gasteiger partial charge in [-0.25, -0.2) is 0 Å². The quantitative estimate of drug-likeness (QED) is 0.248. The second-order valence-corrected chi connectivity index (χ2v) is 22.9. The Morgan fingerprint density at radius 1 is 0.600 bits per heavy atom. The fraction of sp³-hybridized carbons (Fsp3) is 0.429. The maximum absolute atomic E-state index is 6.18. The molecule has 0 unspecified atom stereocenters.